The molecular weight excluding hydrogens is 306 g/mol. The minimum atomic E-state index is -0.394. The number of ketones is 1. The maximum absolute atomic E-state index is 12.0. The van der Waals surface area contributed by atoms with E-state index in [1.165, 1.54) is 6.92 Å². The molecule has 3 aromatic rings. The van der Waals surface area contributed by atoms with Crippen molar-refractivity contribution in [1.29, 1.82) is 0 Å². The van der Waals surface area contributed by atoms with E-state index in [1.807, 2.05) is 30.3 Å². The number of carbonyl (C=O) groups excluding carboxylic acids is 1. The number of ether oxygens (including phenoxy) is 1. The van der Waals surface area contributed by atoms with Crippen LogP contribution in [0, 0.1) is 0 Å². The number of para-hydroxylation sites is 1. The number of rotatable bonds is 7. The smallest absolute Gasteiger partial charge is 0.419 e. The van der Waals surface area contributed by atoms with Gasteiger partial charge in [0, 0.05) is 12.1 Å². The number of aromatic nitrogens is 1. The van der Waals surface area contributed by atoms with E-state index < -0.39 is 5.76 Å². The lowest BCUT2D eigenvalue weighted by atomic mass is 10.1. The summed E-state index contributed by atoms with van der Waals surface area (Å²) in [6, 6.07) is 14.7. The van der Waals surface area contributed by atoms with Crippen LogP contribution in [-0.4, -0.2) is 17.0 Å². The van der Waals surface area contributed by atoms with Crippen molar-refractivity contribution < 1.29 is 13.9 Å². The molecule has 0 unspecified atom stereocenters. The van der Waals surface area contributed by atoms with Gasteiger partial charge in [-0.2, -0.15) is 0 Å². The Morgan fingerprint density at radius 1 is 1.12 bits per heavy atom. The SMILES string of the molecule is CC(=O)c1ccc2c(c1)oc(=O)n2CCCCOc1ccccc1. The molecule has 0 aliphatic heterocycles. The predicted molar refractivity (Wildman–Crippen MR) is 91.6 cm³/mol. The van der Waals surface area contributed by atoms with Crippen molar-refractivity contribution in [3.8, 4) is 5.75 Å². The van der Waals surface area contributed by atoms with Gasteiger partial charge in [-0.25, -0.2) is 4.79 Å². The van der Waals surface area contributed by atoms with Gasteiger partial charge in [-0.1, -0.05) is 18.2 Å². The van der Waals surface area contributed by atoms with Crippen molar-refractivity contribution in [3.05, 3.63) is 64.6 Å². The van der Waals surface area contributed by atoms with E-state index in [-0.39, 0.29) is 5.78 Å². The fraction of sp³-hybridized carbons (Fsp3) is 0.263. The quantitative estimate of drug-likeness (QED) is 0.491. The van der Waals surface area contributed by atoms with Crippen LogP contribution in [0.1, 0.15) is 30.1 Å². The van der Waals surface area contributed by atoms with Crippen LogP contribution in [-0.2, 0) is 6.54 Å². The van der Waals surface area contributed by atoms with E-state index in [0.29, 0.717) is 29.8 Å². The Hall–Kier alpha value is -2.82. The first-order chi connectivity index (χ1) is 11.6. The van der Waals surface area contributed by atoms with Crippen molar-refractivity contribution >= 4 is 16.9 Å². The number of Topliss-reactive ketones (excluding diaryl/α,β-unsaturated/α-hetero) is 1. The summed E-state index contributed by atoms with van der Waals surface area (Å²) in [5, 5.41) is 0. The molecule has 0 bridgehead atoms. The summed E-state index contributed by atoms with van der Waals surface area (Å²) < 4.78 is 12.5. The van der Waals surface area contributed by atoms with Gasteiger partial charge in [0.25, 0.3) is 0 Å². The lowest BCUT2D eigenvalue weighted by Crippen LogP contribution is -2.14. The van der Waals surface area contributed by atoms with Crippen LogP contribution in [0.25, 0.3) is 11.1 Å². The molecular formula is C19H19NO4. The van der Waals surface area contributed by atoms with E-state index in [0.717, 1.165) is 18.6 Å². The molecule has 5 nitrogen and oxygen atoms in total. The monoisotopic (exact) mass is 325 g/mol. The topological polar surface area (TPSA) is 61.4 Å². The van der Waals surface area contributed by atoms with E-state index in [1.54, 1.807) is 22.8 Å². The number of carbonyl (C=O) groups is 1. The molecule has 124 valence electrons. The first-order valence-electron chi connectivity index (χ1n) is 7.97. The molecule has 5 heteroatoms. The lowest BCUT2D eigenvalue weighted by molar-refractivity contribution is 0.101. The second-order valence-electron chi connectivity index (χ2n) is 5.63. The average Bonchev–Trinajstić information content (AvgIpc) is 2.90. The Labute approximate surface area is 139 Å². The van der Waals surface area contributed by atoms with Crippen molar-refractivity contribution in [2.75, 3.05) is 6.61 Å². The van der Waals surface area contributed by atoms with Gasteiger partial charge in [0.1, 0.15) is 5.75 Å². The Morgan fingerprint density at radius 3 is 2.67 bits per heavy atom. The molecule has 0 saturated heterocycles. The zero-order valence-electron chi connectivity index (χ0n) is 13.5. The van der Waals surface area contributed by atoms with Crippen LogP contribution in [0.4, 0.5) is 0 Å². The third-order valence-electron chi connectivity index (χ3n) is 3.86. The highest BCUT2D eigenvalue weighted by Gasteiger charge is 2.11. The van der Waals surface area contributed by atoms with E-state index in [4.69, 9.17) is 9.15 Å². The van der Waals surface area contributed by atoms with E-state index in [9.17, 15) is 9.59 Å². The van der Waals surface area contributed by atoms with Crippen LogP contribution < -0.4 is 10.5 Å². The van der Waals surface area contributed by atoms with E-state index in [2.05, 4.69) is 0 Å². The zero-order chi connectivity index (χ0) is 16.9. The van der Waals surface area contributed by atoms with E-state index >= 15 is 0 Å². The van der Waals surface area contributed by atoms with Gasteiger partial charge in [-0.05, 0) is 50.1 Å². The van der Waals surface area contributed by atoms with Crippen LogP contribution >= 0.6 is 0 Å². The number of benzene rings is 2. The highest BCUT2D eigenvalue weighted by atomic mass is 16.5. The van der Waals surface area contributed by atoms with Gasteiger partial charge in [0.15, 0.2) is 11.4 Å². The second kappa shape index (κ2) is 7.17. The molecule has 0 spiro atoms. The summed E-state index contributed by atoms with van der Waals surface area (Å²) in [5.41, 5.74) is 1.71. The summed E-state index contributed by atoms with van der Waals surface area (Å²) in [7, 11) is 0. The normalized spacial score (nSPS) is 10.9. The molecule has 0 fully saturated rings. The van der Waals surface area contributed by atoms with Crippen LogP contribution in [0.2, 0.25) is 0 Å². The molecule has 3 rings (SSSR count). The maximum atomic E-state index is 12.0. The number of hydrogen-bond acceptors (Lipinski definition) is 4. The van der Waals surface area contributed by atoms with Crippen molar-refractivity contribution in [1.82, 2.24) is 4.57 Å². The van der Waals surface area contributed by atoms with Gasteiger partial charge >= 0.3 is 5.76 Å². The number of fused-ring (bicyclic) bond motifs is 1. The fourth-order valence-electron chi connectivity index (χ4n) is 2.58. The molecule has 0 atom stereocenters. The predicted octanol–water partition coefficient (Wildman–Crippen LogP) is 3.66. The minimum Gasteiger partial charge on any atom is -0.494 e. The number of hydrogen-bond donors (Lipinski definition) is 0. The molecule has 0 radical (unpaired) electrons. The third kappa shape index (κ3) is 3.56. The molecule has 0 amide bonds. The Morgan fingerprint density at radius 2 is 1.92 bits per heavy atom. The van der Waals surface area contributed by atoms with Crippen molar-refractivity contribution in [3.63, 3.8) is 0 Å². The van der Waals surface area contributed by atoms with Gasteiger partial charge in [-0.15, -0.1) is 0 Å². The molecule has 0 aliphatic rings. The summed E-state index contributed by atoms with van der Waals surface area (Å²) in [4.78, 5) is 23.4. The number of unbranched alkanes of at least 4 members (excludes halogenated alkanes) is 1. The van der Waals surface area contributed by atoms with Gasteiger partial charge in [0.2, 0.25) is 0 Å². The number of oxazole rings is 1. The first-order valence-corrected chi connectivity index (χ1v) is 7.97. The Balaban J connectivity index is 1.60. The molecule has 24 heavy (non-hydrogen) atoms. The molecule has 0 saturated carbocycles. The molecule has 2 aromatic carbocycles. The molecule has 0 aliphatic carbocycles. The first kappa shape index (κ1) is 16.1. The highest BCUT2D eigenvalue weighted by molar-refractivity contribution is 5.96. The average molecular weight is 325 g/mol. The number of nitrogens with zero attached hydrogens (tertiary/aromatic N) is 1. The summed E-state index contributed by atoms with van der Waals surface area (Å²) in [6.45, 7) is 2.65. The van der Waals surface area contributed by atoms with Gasteiger partial charge < -0.3 is 9.15 Å². The second-order valence-corrected chi connectivity index (χ2v) is 5.63. The van der Waals surface area contributed by atoms with Crippen molar-refractivity contribution in [2.24, 2.45) is 0 Å². The maximum Gasteiger partial charge on any atom is 0.419 e. The molecule has 1 aromatic heterocycles. The number of aryl methyl sites for hydroxylation is 1. The lowest BCUT2D eigenvalue weighted by Gasteiger charge is -2.06. The minimum absolute atomic E-state index is 0.0506. The standard InChI is InChI=1S/C19H19NO4/c1-14(21)15-9-10-17-18(13-15)24-19(22)20(17)11-5-6-12-23-16-7-3-2-4-8-16/h2-4,7-10,13H,5-6,11-12H2,1H3. The fourth-order valence-corrected chi connectivity index (χ4v) is 2.58. The summed E-state index contributed by atoms with van der Waals surface area (Å²) in [6.07, 6.45) is 1.63. The van der Waals surface area contributed by atoms with Crippen LogP contribution in [0.3, 0.4) is 0 Å². The Kier molecular flexibility index (Phi) is 4.79. The van der Waals surface area contributed by atoms with Crippen LogP contribution in [0.15, 0.2) is 57.7 Å². The van der Waals surface area contributed by atoms with Gasteiger partial charge in [-0.3, -0.25) is 9.36 Å². The Bertz CT molecular complexity index is 893. The van der Waals surface area contributed by atoms with Gasteiger partial charge in [0.05, 0.1) is 12.1 Å². The zero-order valence-corrected chi connectivity index (χ0v) is 13.5. The molecule has 0 N–H and O–H groups in total. The van der Waals surface area contributed by atoms with Crippen LogP contribution in [0.5, 0.6) is 5.75 Å². The molecule has 1 heterocycles. The van der Waals surface area contributed by atoms with Crippen molar-refractivity contribution in [2.45, 2.75) is 26.3 Å². The summed E-state index contributed by atoms with van der Waals surface area (Å²) >= 11 is 0. The highest BCUT2D eigenvalue weighted by Crippen LogP contribution is 2.16. The third-order valence-corrected chi connectivity index (χ3v) is 3.86. The summed E-state index contributed by atoms with van der Waals surface area (Å²) in [5.74, 6) is 0.403. The largest absolute Gasteiger partial charge is 0.494 e.